The van der Waals surface area contributed by atoms with Gasteiger partial charge in [0.2, 0.25) is 0 Å². The lowest BCUT2D eigenvalue weighted by Gasteiger charge is -2.17. The molecule has 0 amide bonds. The van der Waals surface area contributed by atoms with Gasteiger partial charge in [-0.15, -0.1) is 0 Å². The lowest BCUT2D eigenvalue weighted by molar-refractivity contribution is 0.208. The molecule has 86 valence electrons. The van der Waals surface area contributed by atoms with Gasteiger partial charge in [0, 0.05) is 23.7 Å². The monoisotopic (exact) mass is 217 g/mol. The Bertz CT molecular complexity index is 382. The largest absolute Gasteiger partial charge is 0.490 e. The Morgan fingerprint density at radius 2 is 2.06 bits per heavy atom. The molecule has 1 aromatic carbocycles. The predicted molar refractivity (Wildman–Crippen MR) is 66.2 cm³/mol. The van der Waals surface area contributed by atoms with E-state index >= 15 is 0 Å². The molecule has 1 N–H and O–H groups in total. The van der Waals surface area contributed by atoms with Gasteiger partial charge in [-0.05, 0) is 37.8 Å². The lowest BCUT2D eigenvalue weighted by atomic mass is 10.0. The maximum absolute atomic E-state index is 6.15. The quantitative estimate of drug-likeness (QED) is 0.818. The first kappa shape index (κ1) is 10.0. The molecule has 0 spiro atoms. The van der Waals surface area contributed by atoms with Crippen LogP contribution < -0.4 is 10.1 Å². The Morgan fingerprint density at radius 3 is 2.88 bits per heavy atom. The number of hydrogen-bond acceptors (Lipinski definition) is 2. The molecule has 2 heteroatoms. The first-order valence-corrected chi connectivity index (χ1v) is 6.38. The zero-order valence-corrected chi connectivity index (χ0v) is 9.83. The molecular weight excluding hydrogens is 198 g/mol. The molecule has 1 aliphatic heterocycles. The summed E-state index contributed by atoms with van der Waals surface area (Å²) in [6.07, 6.45) is 5.57. The van der Waals surface area contributed by atoms with Gasteiger partial charge >= 0.3 is 0 Å². The van der Waals surface area contributed by atoms with Gasteiger partial charge < -0.3 is 10.1 Å². The minimum atomic E-state index is 0.458. The topological polar surface area (TPSA) is 21.3 Å². The molecule has 1 atom stereocenters. The van der Waals surface area contributed by atoms with Crippen molar-refractivity contribution in [2.75, 3.05) is 11.9 Å². The number of ether oxygens (including phenoxy) is 1. The summed E-state index contributed by atoms with van der Waals surface area (Å²) < 4.78 is 6.15. The van der Waals surface area contributed by atoms with Crippen molar-refractivity contribution in [3.05, 3.63) is 23.8 Å². The molecule has 1 aromatic rings. The molecule has 1 heterocycles. The van der Waals surface area contributed by atoms with Crippen LogP contribution in [0.4, 0.5) is 5.69 Å². The van der Waals surface area contributed by atoms with Gasteiger partial charge in [0.1, 0.15) is 5.75 Å². The summed E-state index contributed by atoms with van der Waals surface area (Å²) in [4.78, 5) is 0. The first-order valence-electron chi connectivity index (χ1n) is 6.38. The number of benzene rings is 1. The predicted octanol–water partition coefficient (Wildman–Crippen LogP) is 3.54. The van der Waals surface area contributed by atoms with Crippen molar-refractivity contribution in [3.63, 3.8) is 0 Å². The van der Waals surface area contributed by atoms with E-state index < -0.39 is 0 Å². The van der Waals surface area contributed by atoms with Crippen molar-refractivity contribution in [3.8, 4) is 5.75 Å². The van der Waals surface area contributed by atoms with E-state index in [0.717, 1.165) is 12.3 Å². The Kier molecular flexibility index (Phi) is 2.50. The molecule has 1 aliphatic carbocycles. The van der Waals surface area contributed by atoms with Crippen LogP contribution in [-0.4, -0.2) is 12.6 Å². The Morgan fingerprint density at radius 1 is 1.25 bits per heavy atom. The van der Waals surface area contributed by atoms with Crippen LogP contribution in [0.3, 0.4) is 0 Å². The van der Waals surface area contributed by atoms with Crippen LogP contribution in [0.15, 0.2) is 18.2 Å². The highest BCUT2D eigenvalue weighted by atomic mass is 16.5. The molecule has 3 rings (SSSR count). The van der Waals surface area contributed by atoms with E-state index in [0.29, 0.717) is 12.0 Å². The fraction of sp³-hybridized carbons (Fsp3) is 0.571. The second-order valence-electron chi connectivity index (χ2n) is 5.02. The van der Waals surface area contributed by atoms with Crippen molar-refractivity contribution in [2.24, 2.45) is 0 Å². The molecule has 2 aliphatic rings. The summed E-state index contributed by atoms with van der Waals surface area (Å²) in [7, 11) is 0. The third-order valence-corrected chi connectivity index (χ3v) is 3.75. The number of nitrogens with one attached hydrogen (secondary N) is 1. The van der Waals surface area contributed by atoms with Crippen LogP contribution in [0, 0.1) is 0 Å². The number of rotatable bonds is 2. The van der Waals surface area contributed by atoms with E-state index in [9.17, 15) is 0 Å². The second kappa shape index (κ2) is 4.00. The molecule has 2 nitrogen and oxygen atoms in total. The van der Waals surface area contributed by atoms with Gasteiger partial charge in [-0.3, -0.25) is 0 Å². The zero-order valence-electron chi connectivity index (χ0n) is 9.83. The summed E-state index contributed by atoms with van der Waals surface area (Å²) in [5.74, 6) is 1.69. The Balaban J connectivity index is 1.86. The van der Waals surface area contributed by atoms with Crippen LogP contribution in [0.1, 0.15) is 44.1 Å². The zero-order chi connectivity index (χ0) is 11.0. The molecule has 0 aromatic heterocycles. The maximum atomic E-state index is 6.15. The SMILES string of the molecule is CC1CNc2cccc(OC3CCCC3)c21. The summed E-state index contributed by atoms with van der Waals surface area (Å²) in [5.41, 5.74) is 2.65. The second-order valence-corrected chi connectivity index (χ2v) is 5.02. The average molecular weight is 217 g/mol. The highest BCUT2D eigenvalue weighted by Crippen LogP contribution is 2.39. The average Bonchev–Trinajstić information content (AvgIpc) is 2.90. The first-order chi connectivity index (χ1) is 7.84. The van der Waals surface area contributed by atoms with Crippen LogP contribution in [0.5, 0.6) is 5.75 Å². The van der Waals surface area contributed by atoms with Gasteiger partial charge in [-0.25, -0.2) is 0 Å². The molecule has 1 saturated carbocycles. The molecular formula is C14H19NO. The van der Waals surface area contributed by atoms with Crippen LogP contribution in [0.2, 0.25) is 0 Å². The fourth-order valence-corrected chi connectivity index (χ4v) is 2.86. The van der Waals surface area contributed by atoms with Gasteiger partial charge in [0.15, 0.2) is 0 Å². The van der Waals surface area contributed by atoms with Gasteiger partial charge in [-0.1, -0.05) is 13.0 Å². The van der Waals surface area contributed by atoms with Gasteiger partial charge in [0.05, 0.1) is 6.10 Å². The van der Waals surface area contributed by atoms with Crippen molar-refractivity contribution in [1.29, 1.82) is 0 Å². The van der Waals surface area contributed by atoms with Crippen molar-refractivity contribution >= 4 is 5.69 Å². The highest BCUT2D eigenvalue weighted by Gasteiger charge is 2.24. The van der Waals surface area contributed by atoms with Crippen LogP contribution in [0.25, 0.3) is 0 Å². The van der Waals surface area contributed by atoms with Crippen molar-refractivity contribution in [2.45, 2.75) is 44.6 Å². The molecule has 0 radical (unpaired) electrons. The van der Waals surface area contributed by atoms with E-state index in [-0.39, 0.29) is 0 Å². The van der Waals surface area contributed by atoms with Crippen molar-refractivity contribution in [1.82, 2.24) is 0 Å². The number of anilines is 1. The molecule has 1 unspecified atom stereocenters. The number of fused-ring (bicyclic) bond motifs is 1. The summed E-state index contributed by atoms with van der Waals surface area (Å²) in [6.45, 7) is 3.31. The van der Waals surface area contributed by atoms with E-state index in [1.165, 1.54) is 36.9 Å². The summed E-state index contributed by atoms with van der Waals surface area (Å²) in [5, 5.41) is 3.44. The maximum Gasteiger partial charge on any atom is 0.125 e. The van der Waals surface area contributed by atoms with E-state index in [1.807, 2.05) is 0 Å². The van der Waals surface area contributed by atoms with Crippen LogP contribution >= 0.6 is 0 Å². The minimum absolute atomic E-state index is 0.458. The van der Waals surface area contributed by atoms with E-state index in [2.05, 4.69) is 30.4 Å². The summed E-state index contributed by atoms with van der Waals surface area (Å²) in [6, 6.07) is 6.37. The van der Waals surface area contributed by atoms with Crippen molar-refractivity contribution < 1.29 is 4.74 Å². The molecule has 1 fully saturated rings. The van der Waals surface area contributed by atoms with Gasteiger partial charge in [-0.2, -0.15) is 0 Å². The normalized spacial score (nSPS) is 24.2. The highest BCUT2D eigenvalue weighted by molar-refractivity contribution is 5.63. The standard InChI is InChI=1S/C14H19NO/c1-10-9-15-12-7-4-8-13(14(10)12)16-11-5-2-3-6-11/h4,7-8,10-11,15H,2-3,5-6,9H2,1H3. The number of hydrogen-bond donors (Lipinski definition) is 1. The lowest BCUT2D eigenvalue weighted by Crippen LogP contribution is -2.12. The van der Waals surface area contributed by atoms with Gasteiger partial charge in [0.25, 0.3) is 0 Å². The fourth-order valence-electron chi connectivity index (χ4n) is 2.86. The third kappa shape index (κ3) is 1.66. The summed E-state index contributed by atoms with van der Waals surface area (Å²) >= 11 is 0. The minimum Gasteiger partial charge on any atom is -0.490 e. The van der Waals surface area contributed by atoms with Crippen LogP contribution in [-0.2, 0) is 0 Å². The molecule has 16 heavy (non-hydrogen) atoms. The molecule has 0 saturated heterocycles. The smallest absolute Gasteiger partial charge is 0.125 e. The Hall–Kier alpha value is -1.18. The third-order valence-electron chi connectivity index (χ3n) is 3.75. The molecule has 0 bridgehead atoms. The Labute approximate surface area is 97.0 Å². The van der Waals surface area contributed by atoms with E-state index in [4.69, 9.17) is 4.74 Å². The van der Waals surface area contributed by atoms with E-state index in [1.54, 1.807) is 0 Å².